The molecule has 2 N–H and O–H groups in total. The molecule has 1 aromatic rings. The molecule has 19 heavy (non-hydrogen) atoms. The molecule has 0 saturated heterocycles. The van der Waals surface area contributed by atoms with Crippen LogP contribution in [0.5, 0.6) is 0 Å². The van der Waals surface area contributed by atoms with Gasteiger partial charge in [-0.2, -0.15) is 0 Å². The van der Waals surface area contributed by atoms with E-state index in [2.05, 4.69) is 34.4 Å². The van der Waals surface area contributed by atoms with E-state index >= 15 is 0 Å². The van der Waals surface area contributed by atoms with E-state index in [1.807, 2.05) is 0 Å². The van der Waals surface area contributed by atoms with Gasteiger partial charge in [0.25, 0.3) is 5.91 Å². The van der Waals surface area contributed by atoms with Crippen molar-refractivity contribution in [1.82, 2.24) is 15.3 Å². The second kappa shape index (κ2) is 8.45. The monoisotopic (exact) mass is 264 g/mol. The third-order valence-electron chi connectivity index (χ3n) is 3.22. The van der Waals surface area contributed by atoms with Gasteiger partial charge in [0.15, 0.2) is 0 Å². The molecule has 1 amide bonds. The van der Waals surface area contributed by atoms with Crippen LogP contribution in [-0.2, 0) is 0 Å². The molecule has 0 aromatic carbocycles. The lowest BCUT2D eigenvalue weighted by Gasteiger charge is -2.15. The summed E-state index contributed by atoms with van der Waals surface area (Å²) >= 11 is 0. The molecule has 1 atom stereocenters. The number of rotatable bonds is 8. The Balaban J connectivity index is 2.49. The van der Waals surface area contributed by atoms with Gasteiger partial charge >= 0.3 is 0 Å². The molecule has 0 saturated carbocycles. The molecule has 0 aliphatic heterocycles. The fourth-order valence-electron chi connectivity index (χ4n) is 1.87. The Morgan fingerprint density at radius 3 is 2.79 bits per heavy atom. The minimum absolute atomic E-state index is 0.153. The molecule has 5 nitrogen and oxygen atoms in total. The predicted molar refractivity (Wildman–Crippen MR) is 77.2 cm³/mol. The van der Waals surface area contributed by atoms with Crippen LogP contribution in [0.15, 0.2) is 12.4 Å². The summed E-state index contributed by atoms with van der Waals surface area (Å²) in [5, 5.41) is 5.81. The molecular formula is C14H24N4O. The van der Waals surface area contributed by atoms with Crippen molar-refractivity contribution in [3.63, 3.8) is 0 Å². The van der Waals surface area contributed by atoms with E-state index in [0.29, 0.717) is 24.0 Å². The number of hydrogen-bond acceptors (Lipinski definition) is 4. The molecule has 0 aliphatic rings. The second-order valence-corrected chi connectivity index (χ2v) is 4.67. The van der Waals surface area contributed by atoms with Crippen LogP contribution in [-0.4, -0.2) is 29.5 Å². The van der Waals surface area contributed by atoms with Crippen molar-refractivity contribution in [2.75, 3.05) is 18.9 Å². The highest BCUT2D eigenvalue weighted by Gasteiger charge is 2.11. The maximum absolute atomic E-state index is 12.0. The molecule has 1 aromatic heterocycles. The van der Waals surface area contributed by atoms with Crippen molar-refractivity contribution in [1.29, 1.82) is 0 Å². The Hall–Kier alpha value is -1.65. The summed E-state index contributed by atoms with van der Waals surface area (Å²) in [6, 6.07) is 0. The normalized spacial score (nSPS) is 11.9. The largest absolute Gasteiger partial charge is 0.372 e. The summed E-state index contributed by atoms with van der Waals surface area (Å²) < 4.78 is 0. The van der Waals surface area contributed by atoms with E-state index in [1.165, 1.54) is 19.0 Å². The maximum Gasteiger partial charge on any atom is 0.271 e. The number of carbonyl (C=O) groups is 1. The summed E-state index contributed by atoms with van der Waals surface area (Å²) in [5.41, 5.74) is 0.359. The summed E-state index contributed by atoms with van der Waals surface area (Å²) in [4.78, 5) is 20.1. The van der Waals surface area contributed by atoms with E-state index in [4.69, 9.17) is 0 Å². The first-order valence-electron chi connectivity index (χ1n) is 6.99. The second-order valence-electron chi connectivity index (χ2n) is 4.67. The fourth-order valence-corrected chi connectivity index (χ4v) is 1.87. The predicted octanol–water partition coefficient (Wildman–Crippen LogP) is 2.46. The molecular weight excluding hydrogens is 240 g/mol. The van der Waals surface area contributed by atoms with Gasteiger partial charge in [-0.25, -0.2) is 4.98 Å². The number of amides is 1. The van der Waals surface area contributed by atoms with Crippen LogP contribution < -0.4 is 10.6 Å². The van der Waals surface area contributed by atoms with Gasteiger partial charge in [-0.05, 0) is 12.3 Å². The molecule has 0 bridgehead atoms. The van der Waals surface area contributed by atoms with Gasteiger partial charge in [0.2, 0.25) is 0 Å². The van der Waals surface area contributed by atoms with Crippen molar-refractivity contribution in [3.05, 3.63) is 18.1 Å². The maximum atomic E-state index is 12.0. The lowest BCUT2D eigenvalue weighted by Crippen LogP contribution is -2.30. The third kappa shape index (κ3) is 5.24. The van der Waals surface area contributed by atoms with Crippen molar-refractivity contribution >= 4 is 11.7 Å². The summed E-state index contributed by atoms with van der Waals surface area (Å²) in [6.45, 7) is 5.05. The number of anilines is 1. The first kappa shape index (κ1) is 15.4. The summed E-state index contributed by atoms with van der Waals surface area (Å²) in [6.07, 6.45) is 7.73. The molecule has 1 unspecified atom stereocenters. The SMILES string of the molecule is CCCCC(CC)CNC(=O)c1cncc(NC)n1. The summed E-state index contributed by atoms with van der Waals surface area (Å²) in [7, 11) is 1.75. The van der Waals surface area contributed by atoms with Crippen LogP contribution >= 0.6 is 0 Å². The third-order valence-corrected chi connectivity index (χ3v) is 3.22. The van der Waals surface area contributed by atoms with Crippen LogP contribution in [0.4, 0.5) is 5.82 Å². The molecule has 0 aliphatic carbocycles. The van der Waals surface area contributed by atoms with Crippen molar-refractivity contribution in [2.24, 2.45) is 5.92 Å². The Labute approximate surface area is 115 Å². The van der Waals surface area contributed by atoms with E-state index < -0.39 is 0 Å². The smallest absolute Gasteiger partial charge is 0.271 e. The van der Waals surface area contributed by atoms with Gasteiger partial charge < -0.3 is 10.6 Å². The van der Waals surface area contributed by atoms with Gasteiger partial charge in [0, 0.05) is 13.6 Å². The lowest BCUT2D eigenvalue weighted by atomic mass is 9.99. The van der Waals surface area contributed by atoms with Crippen molar-refractivity contribution in [2.45, 2.75) is 39.5 Å². The minimum atomic E-state index is -0.153. The Morgan fingerprint density at radius 1 is 1.37 bits per heavy atom. The van der Waals surface area contributed by atoms with Crippen LogP contribution in [0.2, 0.25) is 0 Å². The number of unbranched alkanes of at least 4 members (excludes halogenated alkanes) is 1. The molecule has 1 heterocycles. The number of carbonyl (C=O) groups excluding carboxylic acids is 1. The molecule has 0 radical (unpaired) electrons. The molecule has 1 rings (SSSR count). The Bertz CT molecular complexity index is 395. The number of hydrogen-bond donors (Lipinski definition) is 2. The Morgan fingerprint density at radius 2 is 2.16 bits per heavy atom. The zero-order valence-electron chi connectivity index (χ0n) is 12.1. The van der Waals surface area contributed by atoms with E-state index in [0.717, 1.165) is 12.8 Å². The minimum Gasteiger partial charge on any atom is -0.372 e. The van der Waals surface area contributed by atoms with Gasteiger partial charge in [0.1, 0.15) is 11.5 Å². The van der Waals surface area contributed by atoms with Gasteiger partial charge in [0.05, 0.1) is 12.4 Å². The lowest BCUT2D eigenvalue weighted by molar-refractivity contribution is 0.0940. The van der Waals surface area contributed by atoms with Gasteiger partial charge in [-0.1, -0.05) is 33.1 Å². The standard InChI is InChI=1S/C14H24N4O/c1-4-6-7-11(5-2)8-17-14(19)12-9-16-10-13(15-3)18-12/h9-11H,4-8H2,1-3H3,(H,15,18)(H,17,19). The van der Waals surface area contributed by atoms with Gasteiger partial charge in [-0.3, -0.25) is 9.78 Å². The Kier molecular flexibility index (Phi) is 6.85. The van der Waals surface area contributed by atoms with E-state index in [1.54, 1.807) is 13.2 Å². The van der Waals surface area contributed by atoms with Crippen molar-refractivity contribution < 1.29 is 4.79 Å². The molecule has 5 heteroatoms. The fraction of sp³-hybridized carbons (Fsp3) is 0.643. The zero-order valence-corrected chi connectivity index (χ0v) is 12.1. The van der Waals surface area contributed by atoms with E-state index in [-0.39, 0.29) is 5.91 Å². The highest BCUT2D eigenvalue weighted by atomic mass is 16.1. The topological polar surface area (TPSA) is 66.9 Å². The van der Waals surface area contributed by atoms with Crippen molar-refractivity contribution in [3.8, 4) is 0 Å². The highest BCUT2D eigenvalue weighted by Crippen LogP contribution is 2.11. The summed E-state index contributed by atoms with van der Waals surface area (Å²) in [5.74, 6) is 0.995. The van der Waals surface area contributed by atoms with Crippen LogP contribution in [0, 0.1) is 5.92 Å². The van der Waals surface area contributed by atoms with Crippen LogP contribution in [0.25, 0.3) is 0 Å². The zero-order chi connectivity index (χ0) is 14.1. The molecule has 106 valence electrons. The highest BCUT2D eigenvalue weighted by molar-refractivity contribution is 5.92. The van der Waals surface area contributed by atoms with Crippen LogP contribution in [0.3, 0.4) is 0 Å². The molecule has 0 spiro atoms. The average molecular weight is 264 g/mol. The van der Waals surface area contributed by atoms with Crippen LogP contribution in [0.1, 0.15) is 50.0 Å². The average Bonchev–Trinajstić information content (AvgIpc) is 2.47. The van der Waals surface area contributed by atoms with Gasteiger partial charge in [-0.15, -0.1) is 0 Å². The number of aromatic nitrogens is 2. The molecule has 0 fully saturated rings. The quantitative estimate of drug-likeness (QED) is 0.757. The first-order chi connectivity index (χ1) is 9.21. The van der Waals surface area contributed by atoms with E-state index in [9.17, 15) is 4.79 Å². The first-order valence-corrected chi connectivity index (χ1v) is 6.99. The number of nitrogens with one attached hydrogen (secondary N) is 2. The number of nitrogens with zero attached hydrogens (tertiary/aromatic N) is 2.